The Bertz CT molecular complexity index is 142. The van der Waals surface area contributed by atoms with Gasteiger partial charge in [0.05, 0.1) is 6.61 Å². The van der Waals surface area contributed by atoms with Crippen LogP contribution in [0, 0.1) is 0 Å². The van der Waals surface area contributed by atoms with Crippen molar-refractivity contribution in [2.45, 2.75) is 25.7 Å². The van der Waals surface area contributed by atoms with E-state index in [-0.39, 0.29) is 6.61 Å². The smallest absolute Gasteiger partial charge is 0.134 e. The molecule has 0 radical (unpaired) electrons. The lowest BCUT2D eigenvalue weighted by atomic mass is 10.2. The molecule has 0 saturated carbocycles. The highest BCUT2D eigenvalue weighted by Crippen LogP contribution is 1.97. The van der Waals surface area contributed by atoms with Crippen molar-refractivity contribution in [2.75, 3.05) is 26.2 Å². The lowest BCUT2D eigenvalue weighted by Crippen LogP contribution is -2.36. The molecule has 5 heteroatoms. The first kappa shape index (κ1) is 13.2. The molecule has 0 aliphatic rings. The zero-order valence-electron chi connectivity index (χ0n) is 8.42. The Morgan fingerprint density at radius 2 is 1.71 bits per heavy atom. The Labute approximate surface area is 84.5 Å². The summed E-state index contributed by atoms with van der Waals surface area (Å²) in [5.74, 6) is 0. The van der Waals surface area contributed by atoms with Gasteiger partial charge < -0.3 is 25.6 Å². The molecule has 0 saturated heterocycles. The van der Waals surface area contributed by atoms with Crippen LogP contribution in [0.4, 0.5) is 4.79 Å². The Morgan fingerprint density at radius 3 is 2.29 bits per heavy atom. The second-order valence-corrected chi connectivity index (χ2v) is 3.10. The maximum Gasteiger partial charge on any atom is 0.134 e. The predicted molar refractivity (Wildman–Crippen MR) is 51.8 cm³/mol. The van der Waals surface area contributed by atoms with Crippen molar-refractivity contribution in [2.24, 2.45) is 0 Å². The number of aliphatic hydroxyl groups excluding tert-OH is 1. The van der Waals surface area contributed by atoms with E-state index < -0.39 is 6.09 Å². The number of aliphatic hydroxyl groups is 1. The molecular weight excluding hydrogens is 184 g/mol. The fourth-order valence-corrected chi connectivity index (χ4v) is 1.12. The van der Waals surface area contributed by atoms with Crippen molar-refractivity contribution in [3.8, 4) is 0 Å². The highest BCUT2D eigenvalue weighted by Gasteiger charge is 1.90. The van der Waals surface area contributed by atoms with Crippen LogP contribution >= 0.6 is 0 Å². The normalized spacial score (nSPS) is 10.1. The van der Waals surface area contributed by atoms with Crippen molar-refractivity contribution in [1.29, 1.82) is 0 Å². The topological polar surface area (TPSA) is 84.4 Å². The molecule has 0 unspecified atom stereocenters. The summed E-state index contributed by atoms with van der Waals surface area (Å²) < 4.78 is 0. The Morgan fingerprint density at radius 1 is 1.07 bits per heavy atom. The predicted octanol–water partition coefficient (Wildman–Crippen LogP) is -0.938. The van der Waals surface area contributed by atoms with Gasteiger partial charge in [0, 0.05) is 13.1 Å². The molecule has 0 rings (SSSR count). The van der Waals surface area contributed by atoms with Crippen LogP contribution in [0.25, 0.3) is 0 Å². The third-order valence-electron chi connectivity index (χ3n) is 1.84. The maximum absolute atomic E-state index is 9.95. The second-order valence-electron chi connectivity index (χ2n) is 3.10. The van der Waals surface area contributed by atoms with Crippen molar-refractivity contribution in [1.82, 2.24) is 10.6 Å². The maximum atomic E-state index is 9.95. The average Bonchev–Trinajstić information content (AvgIpc) is 2.15. The average molecular weight is 203 g/mol. The molecule has 0 heterocycles. The number of hydrogen-bond donors (Lipinski definition) is 3. The van der Waals surface area contributed by atoms with Gasteiger partial charge in [-0.15, -0.1) is 0 Å². The van der Waals surface area contributed by atoms with Crippen LogP contribution in [0.5, 0.6) is 0 Å². The summed E-state index contributed by atoms with van der Waals surface area (Å²) in [7, 11) is 0. The molecule has 0 aliphatic carbocycles. The summed E-state index contributed by atoms with van der Waals surface area (Å²) in [5.41, 5.74) is 0. The molecule has 0 atom stereocenters. The molecule has 0 aliphatic heterocycles. The number of nitrogens with one attached hydrogen (secondary N) is 2. The van der Waals surface area contributed by atoms with Gasteiger partial charge in [-0.1, -0.05) is 12.8 Å². The fraction of sp³-hybridized carbons (Fsp3) is 0.889. The van der Waals surface area contributed by atoms with E-state index >= 15 is 0 Å². The van der Waals surface area contributed by atoms with E-state index in [1.165, 1.54) is 0 Å². The number of amides is 1. The molecular formula is C9H19N2O3-. The van der Waals surface area contributed by atoms with Gasteiger partial charge in [0.1, 0.15) is 6.09 Å². The van der Waals surface area contributed by atoms with Crippen LogP contribution in [0.3, 0.4) is 0 Å². The number of hydrogen-bond acceptors (Lipinski definition) is 4. The van der Waals surface area contributed by atoms with E-state index in [0.717, 1.165) is 32.2 Å². The van der Waals surface area contributed by atoms with Gasteiger partial charge in [0.2, 0.25) is 0 Å². The van der Waals surface area contributed by atoms with Crippen LogP contribution in [0.2, 0.25) is 0 Å². The van der Waals surface area contributed by atoms with Gasteiger partial charge in [-0.3, -0.25) is 0 Å². The summed E-state index contributed by atoms with van der Waals surface area (Å²) in [6.45, 7) is 2.21. The van der Waals surface area contributed by atoms with E-state index in [9.17, 15) is 9.90 Å². The molecule has 1 amide bonds. The highest BCUT2D eigenvalue weighted by atomic mass is 16.4. The molecule has 0 spiro atoms. The van der Waals surface area contributed by atoms with Gasteiger partial charge in [0.15, 0.2) is 0 Å². The molecule has 0 aromatic carbocycles. The molecule has 5 nitrogen and oxygen atoms in total. The summed E-state index contributed by atoms with van der Waals surface area (Å²) in [4.78, 5) is 9.95. The first-order valence-electron chi connectivity index (χ1n) is 5.04. The van der Waals surface area contributed by atoms with Crippen LogP contribution in [-0.4, -0.2) is 37.4 Å². The number of unbranched alkanes of at least 4 members (excludes halogenated alkanes) is 3. The van der Waals surface area contributed by atoms with Crippen LogP contribution in [0.15, 0.2) is 0 Å². The Kier molecular flexibility index (Phi) is 9.68. The largest absolute Gasteiger partial charge is 0.530 e. The van der Waals surface area contributed by atoms with Gasteiger partial charge in [0.25, 0.3) is 0 Å². The van der Waals surface area contributed by atoms with Crippen molar-refractivity contribution in [3.63, 3.8) is 0 Å². The SMILES string of the molecule is O=C([O-])NCCCCCCNCCO. The first-order valence-corrected chi connectivity index (χ1v) is 5.04. The van der Waals surface area contributed by atoms with Crippen molar-refractivity contribution in [3.05, 3.63) is 0 Å². The van der Waals surface area contributed by atoms with E-state index in [2.05, 4.69) is 10.6 Å². The number of carbonyl (C=O) groups excluding carboxylic acids is 1. The van der Waals surface area contributed by atoms with Crippen LogP contribution in [-0.2, 0) is 0 Å². The van der Waals surface area contributed by atoms with E-state index in [1.54, 1.807) is 0 Å². The monoisotopic (exact) mass is 203 g/mol. The minimum absolute atomic E-state index is 0.176. The number of rotatable bonds is 9. The molecule has 14 heavy (non-hydrogen) atoms. The molecule has 3 N–H and O–H groups in total. The highest BCUT2D eigenvalue weighted by molar-refractivity contribution is 5.61. The molecule has 84 valence electrons. The fourth-order valence-electron chi connectivity index (χ4n) is 1.12. The second kappa shape index (κ2) is 10.3. The standard InChI is InChI=1S/C9H20N2O3/c12-8-7-10-5-3-1-2-4-6-11-9(13)14/h10-12H,1-8H2,(H,13,14)/p-1. The molecule has 0 aromatic heterocycles. The first-order chi connectivity index (χ1) is 6.77. The summed E-state index contributed by atoms with van der Waals surface area (Å²) in [6, 6.07) is 0. The van der Waals surface area contributed by atoms with Gasteiger partial charge in [-0.05, 0) is 19.4 Å². The Hall–Kier alpha value is -0.810. The van der Waals surface area contributed by atoms with E-state index in [4.69, 9.17) is 5.11 Å². The quantitative estimate of drug-likeness (QED) is 0.422. The van der Waals surface area contributed by atoms with Crippen LogP contribution in [0.1, 0.15) is 25.7 Å². The zero-order chi connectivity index (χ0) is 10.6. The Balaban J connectivity index is 2.88. The summed E-state index contributed by atoms with van der Waals surface area (Å²) in [5, 5.41) is 23.7. The van der Waals surface area contributed by atoms with E-state index in [0.29, 0.717) is 13.1 Å². The zero-order valence-corrected chi connectivity index (χ0v) is 8.42. The van der Waals surface area contributed by atoms with Gasteiger partial charge in [-0.2, -0.15) is 0 Å². The van der Waals surface area contributed by atoms with Gasteiger partial charge in [-0.25, -0.2) is 0 Å². The summed E-state index contributed by atoms with van der Waals surface area (Å²) >= 11 is 0. The van der Waals surface area contributed by atoms with Crippen LogP contribution < -0.4 is 15.7 Å². The third-order valence-corrected chi connectivity index (χ3v) is 1.84. The lowest BCUT2D eigenvalue weighted by molar-refractivity contribution is -0.250. The minimum atomic E-state index is -1.20. The van der Waals surface area contributed by atoms with Gasteiger partial charge >= 0.3 is 0 Å². The molecule has 0 bridgehead atoms. The van der Waals surface area contributed by atoms with Crippen molar-refractivity contribution < 1.29 is 15.0 Å². The minimum Gasteiger partial charge on any atom is -0.530 e. The van der Waals surface area contributed by atoms with Crippen molar-refractivity contribution >= 4 is 6.09 Å². The lowest BCUT2D eigenvalue weighted by Gasteiger charge is -2.06. The number of carboxylic acid groups (broad SMARTS) is 1. The molecule has 0 fully saturated rings. The number of carbonyl (C=O) groups is 1. The summed E-state index contributed by atoms with van der Waals surface area (Å²) in [6.07, 6.45) is 2.81. The molecule has 0 aromatic rings. The van der Waals surface area contributed by atoms with E-state index in [1.807, 2.05) is 0 Å². The third kappa shape index (κ3) is 11.2.